The lowest BCUT2D eigenvalue weighted by atomic mass is 10.1. The number of nitrogens with zero attached hydrogens (tertiary/aromatic N) is 1. The van der Waals surface area contributed by atoms with Gasteiger partial charge in [-0.15, -0.1) is 0 Å². The van der Waals surface area contributed by atoms with Gasteiger partial charge in [0.05, 0.1) is 28.7 Å². The summed E-state index contributed by atoms with van der Waals surface area (Å²) < 4.78 is 12.8. The second-order valence-corrected chi connectivity index (χ2v) is 9.27. The minimum absolute atomic E-state index is 0.199. The highest BCUT2D eigenvalue weighted by molar-refractivity contribution is 9.11. The van der Waals surface area contributed by atoms with Crippen LogP contribution in [-0.2, 0) is 17.8 Å². The fraction of sp³-hybridized carbons (Fsp3) is 0.111. The second-order valence-electron chi connectivity index (χ2n) is 7.56. The van der Waals surface area contributed by atoms with Crippen molar-refractivity contribution in [3.63, 3.8) is 0 Å². The van der Waals surface area contributed by atoms with E-state index in [0.29, 0.717) is 12.4 Å². The summed E-state index contributed by atoms with van der Waals surface area (Å²) in [6.45, 7) is 0.438. The van der Waals surface area contributed by atoms with Gasteiger partial charge >= 0.3 is 0 Å². The van der Waals surface area contributed by atoms with Crippen LogP contribution in [0.25, 0.3) is 10.8 Å². The number of hydrazone groups is 1. The summed E-state index contributed by atoms with van der Waals surface area (Å²) in [5.74, 6) is 1.26. The van der Waals surface area contributed by atoms with Gasteiger partial charge in [-0.1, -0.05) is 54.6 Å². The lowest BCUT2D eigenvalue weighted by Crippen LogP contribution is -2.19. The number of amides is 1. The van der Waals surface area contributed by atoms with E-state index in [1.165, 1.54) is 10.8 Å². The third-order valence-electron chi connectivity index (χ3n) is 5.20. The van der Waals surface area contributed by atoms with Gasteiger partial charge in [0.25, 0.3) is 0 Å². The van der Waals surface area contributed by atoms with E-state index in [2.05, 4.69) is 66.7 Å². The Bertz CT molecular complexity index is 1310. The quantitative estimate of drug-likeness (QED) is 0.187. The first-order chi connectivity index (χ1) is 16.5. The van der Waals surface area contributed by atoms with Gasteiger partial charge in [-0.25, -0.2) is 5.43 Å². The molecule has 0 radical (unpaired) electrons. The molecule has 0 spiro atoms. The van der Waals surface area contributed by atoms with Crippen LogP contribution in [0.4, 0.5) is 0 Å². The van der Waals surface area contributed by atoms with Crippen LogP contribution in [-0.4, -0.2) is 19.2 Å². The monoisotopic (exact) mass is 580 g/mol. The topological polar surface area (TPSA) is 59.9 Å². The van der Waals surface area contributed by atoms with Gasteiger partial charge in [0, 0.05) is 0 Å². The molecule has 0 aromatic heterocycles. The molecule has 7 heteroatoms. The molecule has 0 aliphatic heterocycles. The molecule has 0 aliphatic rings. The molecule has 4 aromatic rings. The van der Waals surface area contributed by atoms with E-state index in [1.54, 1.807) is 13.3 Å². The first kappa shape index (κ1) is 24.0. The van der Waals surface area contributed by atoms with E-state index >= 15 is 0 Å². The number of carbonyl (C=O) groups is 1. The van der Waals surface area contributed by atoms with Gasteiger partial charge in [0.15, 0.2) is 0 Å². The Kier molecular flexibility index (Phi) is 7.98. The first-order valence-corrected chi connectivity index (χ1v) is 12.2. The third-order valence-corrected chi connectivity index (χ3v) is 6.38. The number of fused-ring (bicyclic) bond motifs is 1. The maximum atomic E-state index is 12.2. The van der Waals surface area contributed by atoms with Crippen LogP contribution in [0.1, 0.15) is 16.7 Å². The van der Waals surface area contributed by atoms with Gasteiger partial charge in [0.1, 0.15) is 18.1 Å². The molecule has 0 aliphatic carbocycles. The number of methoxy groups -OCH3 is 1. The molecular formula is C27H22Br2N2O3. The van der Waals surface area contributed by atoms with E-state index in [0.717, 1.165) is 31.4 Å². The SMILES string of the molecule is COc1ccc(CC(=O)N/N=C\c2cc(Br)c(OCc3cccc4ccccc34)c(Br)c2)cc1. The van der Waals surface area contributed by atoms with Crippen LogP contribution < -0.4 is 14.9 Å². The molecule has 4 rings (SSSR count). The molecule has 1 N–H and O–H groups in total. The number of benzene rings is 4. The number of carbonyl (C=O) groups excluding carboxylic acids is 1. The van der Waals surface area contributed by atoms with Crippen molar-refractivity contribution in [1.29, 1.82) is 0 Å². The van der Waals surface area contributed by atoms with Gasteiger partial charge in [-0.2, -0.15) is 5.10 Å². The van der Waals surface area contributed by atoms with Crippen molar-refractivity contribution in [3.8, 4) is 11.5 Å². The van der Waals surface area contributed by atoms with Crippen LogP contribution >= 0.6 is 31.9 Å². The van der Waals surface area contributed by atoms with Crippen LogP contribution in [0.5, 0.6) is 11.5 Å². The third kappa shape index (κ3) is 6.04. The standard InChI is InChI=1S/C27H22Br2N2O3/c1-33-22-11-9-18(10-12-22)15-26(32)31-30-16-19-13-24(28)27(25(29)14-19)34-17-21-7-4-6-20-5-2-3-8-23(20)21/h2-14,16H,15,17H2,1H3,(H,31,32)/b30-16-. The maximum Gasteiger partial charge on any atom is 0.244 e. The van der Waals surface area contributed by atoms with E-state index in [9.17, 15) is 4.79 Å². The number of nitrogens with one attached hydrogen (secondary N) is 1. The molecule has 0 heterocycles. The summed E-state index contributed by atoms with van der Waals surface area (Å²) in [5, 5.41) is 6.43. The Labute approximate surface area is 215 Å². The molecular weight excluding hydrogens is 560 g/mol. The normalized spacial score (nSPS) is 11.0. The Morgan fingerprint density at radius 3 is 2.41 bits per heavy atom. The lowest BCUT2D eigenvalue weighted by Gasteiger charge is -2.13. The summed E-state index contributed by atoms with van der Waals surface area (Å²) in [6.07, 6.45) is 1.82. The van der Waals surface area contributed by atoms with Crippen LogP contribution in [0.15, 0.2) is 92.9 Å². The van der Waals surface area contributed by atoms with Gasteiger partial charge in [0.2, 0.25) is 5.91 Å². The molecule has 0 fully saturated rings. The first-order valence-electron chi connectivity index (χ1n) is 10.6. The predicted molar refractivity (Wildman–Crippen MR) is 143 cm³/mol. The van der Waals surface area contributed by atoms with Crippen molar-refractivity contribution >= 4 is 54.8 Å². The minimum atomic E-state index is -0.199. The van der Waals surface area contributed by atoms with Crippen LogP contribution in [0.2, 0.25) is 0 Å². The van der Waals surface area contributed by atoms with Gasteiger partial charge < -0.3 is 9.47 Å². The average Bonchev–Trinajstić information content (AvgIpc) is 2.84. The highest BCUT2D eigenvalue weighted by Crippen LogP contribution is 2.35. The largest absolute Gasteiger partial charge is 0.497 e. The number of rotatable bonds is 8. The number of hydrogen-bond donors (Lipinski definition) is 1. The van der Waals surface area contributed by atoms with Crippen molar-refractivity contribution < 1.29 is 14.3 Å². The van der Waals surface area contributed by atoms with Gasteiger partial charge in [-0.3, -0.25) is 4.79 Å². The molecule has 0 saturated carbocycles. The number of hydrogen-bond acceptors (Lipinski definition) is 4. The summed E-state index contributed by atoms with van der Waals surface area (Å²) in [6, 6.07) is 25.6. The molecule has 4 aromatic carbocycles. The van der Waals surface area contributed by atoms with E-state index in [4.69, 9.17) is 9.47 Å². The minimum Gasteiger partial charge on any atom is -0.497 e. The van der Waals surface area contributed by atoms with Crippen molar-refractivity contribution in [2.24, 2.45) is 5.10 Å². The van der Waals surface area contributed by atoms with E-state index < -0.39 is 0 Å². The van der Waals surface area contributed by atoms with E-state index in [-0.39, 0.29) is 12.3 Å². The Morgan fingerprint density at radius 1 is 0.971 bits per heavy atom. The summed E-state index contributed by atoms with van der Waals surface area (Å²) >= 11 is 7.17. The van der Waals surface area contributed by atoms with E-state index in [1.807, 2.05) is 54.6 Å². The predicted octanol–water partition coefficient (Wildman–Crippen LogP) is 6.65. The smallest absolute Gasteiger partial charge is 0.244 e. The fourth-order valence-corrected chi connectivity index (χ4v) is 4.96. The summed E-state index contributed by atoms with van der Waals surface area (Å²) in [5.41, 5.74) is 5.36. The van der Waals surface area contributed by atoms with Crippen LogP contribution in [0.3, 0.4) is 0 Å². The fourth-order valence-electron chi connectivity index (χ4n) is 3.51. The summed E-state index contributed by atoms with van der Waals surface area (Å²) in [7, 11) is 1.61. The Hall–Kier alpha value is -3.16. The highest BCUT2D eigenvalue weighted by atomic mass is 79.9. The zero-order valence-electron chi connectivity index (χ0n) is 18.4. The maximum absolute atomic E-state index is 12.2. The van der Waals surface area contributed by atoms with Crippen molar-refractivity contribution in [1.82, 2.24) is 5.43 Å². The molecule has 0 bridgehead atoms. The molecule has 1 amide bonds. The second kappa shape index (κ2) is 11.3. The zero-order chi connectivity index (χ0) is 23.9. The molecule has 0 atom stereocenters. The van der Waals surface area contributed by atoms with Gasteiger partial charge in [-0.05, 0) is 83.6 Å². The highest BCUT2D eigenvalue weighted by Gasteiger charge is 2.10. The average molecular weight is 582 g/mol. The molecule has 5 nitrogen and oxygen atoms in total. The molecule has 172 valence electrons. The Balaban J connectivity index is 1.37. The number of halogens is 2. The molecule has 0 unspecified atom stereocenters. The van der Waals surface area contributed by atoms with Crippen molar-refractivity contribution in [2.45, 2.75) is 13.0 Å². The lowest BCUT2D eigenvalue weighted by molar-refractivity contribution is -0.120. The molecule has 0 saturated heterocycles. The van der Waals surface area contributed by atoms with Crippen molar-refractivity contribution in [3.05, 3.63) is 104 Å². The van der Waals surface area contributed by atoms with Crippen molar-refractivity contribution in [2.75, 3.05) is 7.11 Å². The number of ether oxygens (including phenoxy) is 2. The molecule has 34 heavy (non-hydrogen) atoms. The Morgan fingerprint density at radius 2 is 1.68 bits per heavy atom. The summed E-state index contributed by atoms with van der Waals surface area (Å²) in [4.78, 5) is 12.2. The zero-order valence-corrected chi connectivity index (χ0v) is 21.6. The van der Waals surface area contributed by atoms with Crippen LogP contribution in [0, 0.1) is 0 Å².